The fraction of sp³-hybridized carbons (Fsp3) is 0. The number of hydrogen-bond acceptors (Lipinski definition) is 4. The molecule has 7 nitrogen and oxygen atoms in total. The van der Waals surface area contributed by atoms with Gasteiger partial charge in [0.15, 0.2) is 0 Å². The Morgan fingerprint density at radius 3 is 1.33 bits per heavy atom. The molecule has 0 rings (SSSR count). The van der Waals surface area contributed by atoms with Crippen LogP contribution in [0.15, 0.2) is 0 Å². The van der Waals surface area contributed by atoms with Crippen LogP contribution in [0.4, 0.5) is 0 Å². The molecule has 56 valence electrons. The molecule has 0 spiro atoms. The Morgan fingerprint density at radius 2 is 1.33 bits per heavy atom. The SMILES string of the molecule is NC(N)=[NH2+].[O]=[Re](=[O])(=[O])[O-]. The van der Waals surface area contributed by atoms with Gasteiger partial charge in [0.05, 0.1) is 0 Å². The van der Waals surface area contributed by atoms with E-state index in [1.807, 2.05) is 0 Å². The summed E-state index contributed by atoms with van der Waals surface area (Å²) >= 11 is -6.11. The molecular weight excluding hydrogens is 304 g/mol. The first kappa shape index (κ1) is 11.1. The van der Waals surface area contributed by atoms with E-state index in [1.165, 1.54) is 0 Å². The van der Waals surface area contributed by atoms with Crippen LogP contribution in [0.5, 0.6) is 0 Å². The van der Waals surface area contributed by atoms with Gasteiger partial charge in [-0.15, -0.1) is 0 Å². The maximum atomic E-state index is 8.64. The van der Waals surface area contributed by atoms with Crippen LogP contribution in [-0.2, 0) is 26.2 Å². The topological polar surface area (TPSA) is 152 Å². The maximum absolute atomic E-state index is 8.64. The molecule has 9 heavy (non-hydrogen) atoms. The van der Waals surface area contributed by atoms with Crippen LogP contribution >= 0.6 is 0 Å². The van der Waals surface area contributed by atoms with Gasteiger partial charge in [-0.05, 0) is 0 Å². The molecular formula is CH6N3O4Re. The average molecular weight is 310 g/mol. The van der Waals surface area contributed by atoms with Gasteiger partial charge in [-0.2, -0.15) is 0 Å². The van der Waals surface area contributed by atoms with E-state index in [4.69, 9.17) is 14.2 Å². The zero-order valence-electron chi connectivity index (χ0n) is 4.24. The molecule has 8 heteroatoms. The summed E-state index contributed by atoms with van der Waals surface area (Å²) in [7, 11) is 0. The first-order valence-electron chi connectivity index (χ1n) is 1.48. The van der Waals surface area contributed by atoms with Gasteiger partial charge < -0.3 is 0 Å². The predicted octanol–water partition coefficient (Wildman–Crippen LogP) is -4.53. The molecule has 0 aliphatic carbocycles. The van der Waals surface area contributed by atoms with Crippen molar-refractivity contribution in [3.05, 3.63) is 0 Å². The Bertz CT molecular complexity index is 201. The third-order valence-electron chi connectivity index (χ3n) is 0. The Balaban J connectivity index is 0. The van der Waals surface area contributed by atoms with E-state index in [2.05, 4.69) is 16.9 Å². The third kappa shape index (κ3) is 408. The summed E-state index contributed by atoms with van der Waals surface area (Å²) in [4.78, 5) is 0. The van der Waals surface area contributed by atoms with Crippen LogP contribution in [0.25, 0.3) is 0 Å². The van der Waals surface area contributed by atoms with Gasteiger partial charge in [0.2, 0.25) is 0 Å². The van der Waals surface area contributed by atoms with Crippen molar-refractivity contribution >= 4 is 5.96 Å². The van der Waals surface area contributed by atoms with Crippen molar-refractivity contribution in [2.24, 2.45) is 11.5 Å². The number of guanidine groups is 1. The van der Waals surface area contributed by atoms with Crippen molar-refractivity contribution < 1.29 is 35.4 Å². The zero-order valence-corrected chi connectivity index (χ0v) is 6.96. The van der Waals surface area contributed by atoms with Crippen LogP contribution in [0.1, 0.15) is 0 Å². The first-order valence-corrected chi connectivity index (χ1v) is 5.92. The molecule has 0 bridgehead atoms. The van der Waals surface area contributed by atoms with E-state index in [1.54, 1.807) is 0 Å². The predicted molar refractivity (Wildman–Crippen MR) is 17.4 cm³/mol. The fourth-order valence-corrected chi connectivity index (χ4v) is 0. The summed E-state index contributed by atoms with van der Waals surface area (Å²) in [6.45, 7) is 0. The van der Waals surface area contributed by atoms with E-state index >= 15 is 0 Å². The van der Waals surface area contributed by atoms with Gasteiger partial charge in [0.1, 0.15) is 0 Å². The van der Waals surface area contributed by atoms with Gasteiger partial charge in [-0.1, -0.05) is 0 Å². The number of rotatable bonds is 0. The van der Waals surface area contributed by atoms with E-state index in [9.17, 15) is 0 Å². The second-order valence-corrected chi connectivity index (χ2v) is 3.59. The van der Waals surface area contributed by atoms with Crippen molar-refractivity contribution in [3.63, 3.8) is 0 Å². The van der Waals surface area contributed by atoms with Crippen LogP contribution in [-0.4, -0.2) is 5.96 Å². The van der Waals surface area contributed by atoms with E-state index < -0.39 is 15.8 Å². The van der Waals surface area contributed by atoms with Crippen molar-refractivity contribution in [2.45, 2.75) is 0 Å². The monoisotopic (exact) mass is 311 g/mol. The summed E-state index contributed by atoms with van der Waals surface area (Å²) in [5.41, 5.74) is 9.17. The Hall–Kier alpha value is -0.708. The summed E-state index contributed by atoms with van der Waals surface area (Å²) in [5, 5.41) is 4.58. The number of nitrogens with two attached hydrogens (primary N) is 3. The van der Waals surface area contributed by atoms with Crippen LogP contribution in [0, 0.1) is 0 Å². The quantitative estimate of drug-likeness (QED) is 0.303. The van der Waals surface area contributed by atoms with Gasteiger partial charge in [-0.25, -0.2) is 0 Å². The van der Waals surface area contributed by atoms with E-state index in [0.717, 1.165) is 0 Å². The molecule has 0 aromatic carbocycles. The van der Waals surface area contributed by atoms with Gasteiger partial charge in [0.25, 0.3) is 0 Å². The Kier molecular flexibility index (Phi) is 5.20. The van der Waals surface area contributed by atoms with Crippen LogP contribution in [0.3, 0.4) is 0 Å². The molecule has 0 fully saturated rings. The van der Waals surface area contributed by atoms with E-state index in [-0.39, 0.29) is 5.96 Å². The Labute approximate surface area is 53.5 Å². The minimum atomic E-state index is -6.11. The van der Waals surface area contributed by atoms with E-state index in [0.29, 0.717) is 0 Å². The molecule has 0 saturated carbocycles. The Morgan fingerprint density at radius 1 is 1.33 bits per heavy atom. The van der Waals surface area contributed by atoms with Crippen LogP contribution in [0.2, 0.25) is 0 Å². The number of hydrogen-bond donors (Lipinski definition) is 3. The molecule has 0 aliphatic heterocycles. The molecule has 0 atom stereocenters. The molecule has 0 unspecified atom stereocenters. The summed E-state index contributed by atoms with van der Waals surface area (Å²) in [5.74, 6) is -0.0833. The average Bonchev–Trinajstić information content (AvgIpc) is 1.19. The third-order valence-corrected chi connectivity index (χ3v) is 0. The normalized spacial score (nSPS) is 9.00. The van der Waals surface area contributed by atoms with Gasteiger partial charge >= 0.3 is 36.0 Å². The van der Waals surface area contributed by atoms with Gasteiger partial charge in [-0.3, -0.25) is 16.9 Å². The summed E-state index contributed by atoms with van der Waals surface area (Å²) in [6.07, 6.45) is 0. The minimum absolute atomic E-state index is 0.0833. The zero-order chi connectivity index (χ0) is 8.08. The molecule has 0 aromatic rings. The molecule has 0 aliphatic rings. The molecule has 0 saturated heterocycles. The molecule has 0 amide bonds. The van der Waals surface area contributed by atoms with Crippen molar-refractivity contribution in [2.75, 3.05) is 0 Å². The second kappa shape index (κ2) is 4.20. The van der Waals surface area contributed by atoms with Crippen molar-refractivity contribution in [1.82, 2.24) is 0 Å². The molecule has 6 N–H and O–H groups in total. The fourth-order valence-electron chi connectivity index (χ4n) is 0. The summed E-state index contributed by atoms with van der Waals surface area (Å²) in [6, 6.07) is 0. The summed E-state index contributed by atoms with van der Waals surface area (Å²) < 4.78 is 34.6. The standard InChI is InChI=1S/CH5N3.4O.Re/c2-1(3)4;;;;;/h(H5,2,3,4);;;;;/q;;;;-1;/p+1. The molecule has 0 radical (unpaired) electrons. The first-order chi connectivity index (χ1) is 3.73. The van der Waals surface area contributed by atoms with Crippen molar-refractivity contribution in [3.8, 4) is 0 Å². The second-order valence-electron chi connectivity index (χ2n) is 0.878. The van der Waals surface area contributed by atoms with Crippen molar-refractivity contribution in [1.29, 1.82) is 0 Å². The van der Waals surface area contributed by atoms with Crippen LogP contribution < -0.4 is 20.7 Å². The molecule has 0 aromatic heterocycles. The molecule has 0 heterocycles. The van der Waals surface area contributed by atoms with Gasteiger partial charge in [0, 0.05) is 0 Å².